The molecule has 1 amide bonds. The summed E-state index contributed by atoms with van der Waals surface area (Å²) in [4.78, 5) is 32.6. The summed E-state index contributed by atoms with van der Waals surface area (Å²) < 4.78 is 0. The summed E-state index contributed by atoms with van der Waals surface area (Å²) in [6.45, 7) is 3.68. The van der Waals surface area contributed by atoms with E-state index in [0.29, 0.717) is 17.9 Å². The number of anilines is 1. The average Bonchev–Trinajstić information content (AvgIpc) is 2.99. The molecular weight excluding hydrogens is 512 g/mol. The van der Waals surface area contributed by atoms with Crippen molar-refractivity contribution in [2.45, 2.75) is 75.8 Å². The number of rotatable bonds is 10. The van der Waals surface area contributed by atoms with Gasteiger partial charge in [0.15, 0.2) is 5.78 Å². The van der Waals surface area contributed by atoms with Crippen LogP contribution in [0.2, 0.25) is 0 Å². The third-order valence-corrected chi connectivity index (χ3v) is 9.39. The highest BCUT2D eigenvalue weighted by molar-refractivity contribution is 8.04. The van der Waals surface area contributed by atoms with Crippen molar-refractivity contribution in [2.24, 2.45) is 0 Å². The first-order valence-electron chi connectivity index (χ1n) is 14.7. The topological polar surface area (TPSA) is 40.6 Å². The Morgan fingerprint density at radius 2 is 1.68 bits per heavy atom. The molecule has 0 radical (unpaired) electrons. The Bertz CT molecular complexity index is 1360. The van der Waals surface area contributed by atoms with Crippen LogP contribution in [0.15, 0.2) is 82.6 Å². The van der Waals surface area contributed by atoms with Crippen LogP contribution >= 0.6 is 11.8 Å². The second-order valence-corrected chi connectivity index (χ2v) is 12.3. The molecule has 1 aliphatic carbocycles. The third-order valence-electron chi connectivity index (χ3n) is 8.31. The zero-order chi connectivity index (χ0) is 27.9. The molecule has 1 fully saturated rings. The van der Waals surface area contributed by atoms with E-state index < -0.39 is 0 Å². The van der Waals surface area contributed by atoms with Gasteiger partial charge in [-0.3, -0.25) is 9.59 Å². The molecule has 0 unspecified atom stereocenters. The highest BCUT2D eigenvalue weighted by atomic mass is 32.2. The van der Waals surface area contributed by atoms with Crippen LogP contribution in [0.5, 0.6) is 0 Å². The van der Waals surface area contributed by atoms with Crippen LogP contribution in [0.25, 0.3) is 6.08 Å². The van der Waals surface area contributed by atoms with E-state index >= 15 is 0 Å². The van der Waals surface area contributed by atoms with Gasteiger partial charge in [-0.1, -0.05) is 91.7 Å². The van der Waals surface area contributed by atoms with Crippen LogP contribution in [0.1, 0.15) is 78.4 Å². The van der Waals surface area contributed by atoms with E-state index in [2.05, 4.69) is 37.1 Å². The zero-order valence-corrected chi connectivity index (χ0v) is 24.6. The number of ketones is 1. The van der Waals surface area contributed by atoms with Crippen LogP contribution < -0.4 is 4.90 Å². The van der Waals surface area contributed by atoms with Gasteiger partial charge in [-0.15, -0.1) is 0 Å². The first-order valence-corrected chi connectivity index (χ1v) is 15.5. The van der Waals surface area contributed by atoms with Gasteiger partial charge < -0.3 is 9.80 Å². The number of hydrogen-bond acceptors (Lipinski definition) is 4. The van der Waals surface area contributed by atoms with E-state index in [4.69, 9.17) is 0 Å². The lowest BCUT2D eigenvalue weighted by Gasteiger charge is -2.31. The Balaban J connectivity index is 1.21. The standard InChI is InChI=1S/C35H40N2O2S/c1-26-12-6-7-13-29(26)25-37-31-16-8-9-18-33(31)40-34(35(37)39)24-27-19-21-28(22-20-27)32(38)17-10-11-23-36(2)30-14-4-3-5-15-30/h6-9,12-13,16,18-22,24,30H,3-5,10-11,14-15,17,23,25H2,1-2H3/b34-24+. The molecule has 0 N–H and O–H groups in total. The number of benzene rings is 3. The van der Waals surface area contributed by atoms with Crippen LogP contribution in [-0.4, -0.2) is 36.2 Å². The zero-order valence-electron chi connectivity index (χ0n) is 23.8. The van der Waals surface area contributed by atoms with Crippen molar-refractivity contribution < 1.29 is 9.59 Å². The molecule has 5 heteroatoms. The van der Waals surface area contributed by atoms with Crippen LogP contribution in [0, 0.1) is 6.92 Å². The second-order valence-electron chi connectivity index (χ2n) is 11.2. The Morgan fingerprint density at radius 3 is 2.45 bits per heavy atom. The van der Waals surface area contributed by atoms with Gasteiger partial charge in [0, 0.05) is 22.9 Å². The Labute approximate surface area is 243 Å². The van der Waals surface area contributed by atoms with Gasteiger partial charge in [-0.25, -0.2) is 0 Å². The summed E-state index contributed by atoms with van der Waals surface area (Å²) in [6, 6.07) is 24.7. The molecule has 0 bridgehead atoms. The van der Waals surface area contributed by atoms with Crippen LogP contribution in [0.4, 0.5) is 5.69 Å². The van der Waals surface area contributed by atoms with Crippen molar-refractivity contribution in [1.29, 1.82) is 0 Å². The number of unbranched alkanes of at least 4 members (excludes halogenated alkanes) is 1. The van der Waals surface area contributed by atoms with Crippen molar-refractivity contribution in [3.8, 4) is 0 Å². The summed E-state index contributed by atoms with van der Waals surface area (Å²) in [5.41, 5.74) is 4.94. The van der Waals surface area contributed by atoms with Crippen molar-refractivity contribution >= 4 is 35.2 Å². The summed E-state index contributed by atoms with van der Waals surface area (Å²) in [7, 11) is 2.24. The molecule has 0 atom stereocenters. The van der Waals surface area contributed by atoms with Gasteiger partial charge >= 0.3 is 0 Å². The molecule has 5 rings (SSSR count). The number of carbonyl (C=O) groups is 2. The van der Waals surface area contributed by atoms with Gasteiger partial charge in [-0.05, 0) is 81.1 Å². The number of Topliss-reactive ketones (excluding diaryl/α,β-unsaturated/α-hetero) is 1. The van der Waals surface area contributed by atoms with E-state index in [1.165, 1.54) is 49.4 Å². The fraction of sp³-hybridized carbons (Fsp3) is 0.371. The van der Waals surface area contributed by atoms with Crippen molar-refractivity contribution in [3.63, 3.8) is 0 Å². The van der Waals surface area contributed by atoms with Gasteiger partial charge in [-0.2, -0.15) is 0 Å². The van der Waals surface area contributed by atoms with E-state index in [1.807, 2.05) is 65.6 Å². The van der Waals surface area contributed by atoms with Gasteiger partial charge in [0.05, 0.1) is 17.1 Å². The summed E-state index contributed by atoms with van der Waals surface area (Å²) in [6.07, 6.45) is 11.2. The van der Waals surface area contributed by atoms with Gasteiger partial charge in [0.2, 0.25) is 0 Å². The maximum Gasteiger partial charge on any atom is 0.265 e. The van der Waals surface area contributed by atoms with E-state index in [1.54, 1.807) is 0 Å². The quantitative estimate of drug-likeness (QED) is 0.144. The molecule has 208 valence electrons. The van der Waals surface area contributed by atoms with Crippen molar-refractivity contribution in [2.75, 3.05) is 18.5 Å². The minimum atomic E-state index is 0.00491. The van der Waals surface area contributed by atoms with E-state index in [-0.39, 0.29) is 11.7 Å². The van der Waals surface area contributed by atoms with E-state index in [0.717, 1.165) is 52.7 Å². The molecule has 1 aliphatic heterocycles. The highest BCUT2D eigenvalue weighted by Crippen LogP contribution is 2.42. The fourth-order valence-electron chi connectivity index (χ4n) is 5.79. The summed E-state index contributed by atoms with van der Waals surface area (Å²) in [5.74, 6) is 0.200. The van der Waals surface area contributed by atoms with E-state index in [9.17, 15) is 9.59 Å². The molecule has 1 saturated carbocycles. The number of nitrogens with zero attached hydrogens (tertiary/aromatic N) is 2. The first kappa shape index (κ1) is 28.4. The maximum absolute atomic E-state index is 13.7. The number of hydrogen-bond donors (Lipinski definition) is 0. The monoisotopic (exact) mass is 552 g/mol. The minimum Gasteiger partial charge on any atom is -0.303 e. The lowest BCUT2D eigenvalue weighted by atomic mass is 9.94. The Morgan fingerprint density at radius 1 is 0.950 bits per heavy atom. The van der Waals surface area contributed by atoms with Gasteiger partial charge in [0.25, 0.3) is 5.91 Å². The number of carbonyl (C=O) groups excluding carboxylic acids is 2. The Kier molecular flexibility index (Phi) is 9.56. The predicted molar refractivity (Wildman–Crippen MR) is 167 cm³/mol. The minimum absolute atomic E-state index is 0.00491. The molecule has 3 aromatic rings. The smallest absolute Gasteiger partial charge is 0.265 e. The molecular formula is C35H40N2O2S. The van der Waals surface area contributed by atoms with Crippen molar-refractivity contribution in [1.82, 2.24) is 4.90 Å². The van der Waals surface area contributed by atoms with Crippen LogP contribution in [0.3, 0.4) is 0 Å². The number of amides is 1. The summed E-state index contributed by atoms with van der Waals surface area (Å²) >= 11 is 1.51. The molecule has 40 heavy (non-hydrogen) atoms. The number of thioether (sulfide) groups is 1. The van der Waals surface area contributed by atoms with Gasteiger partial charge in [0.1, 0.15) is 0 Å². The number of fused-ring (bicyclic) bond motifs is 1. The number of para-hydroxylation sites is 1. The third kappa shape index (κ3) is 6.94. The van der Waals surface area contributed by atoms with Crippen molar-refractivity contribution in [3.05, 3.63) is 100.0 Å². The molecule has 0 aromatic heterocycles. The predicted octanol–water partition coefficient (Wildman–Crippen LogP) is 8.29. The SMILES string of the molecule is Cc1ccccc1CN1C(=O)/C(=C\c2ccc(C(=O)CCCCN(C)C3CCCCC3)cc2)Sc2ccccc21. The maximum atomic E-state index is 13.7. The summed E-state index contributed by atoms with van der Waals surface area (Å²) in [5, 5.41) is 0. The molecule has 0 spiro atoms. The molecule has 4 nitrogen and oxygen atoms in total. The van der Waals surface area contributed by atoms with Crippen LogP contribution in [-0.2, 0) is 11.3 Å². The fourth-order valence-corrected chi connectivity index (χ4v) is 6.85. The number of aryl methyl sites for hydroxylation is 1. The first-order chi connectivity index (χ1) is 19.5. The second kappa shape index (κ2) is 13.5. The molecule has 0 saturated heterocycles. The average molecular weight is 553 g/mol. The molecule has 3 aromatic carbocycles. The Hall–Kier alpha value is -3.15. The lowest BCUT2D eigenvalue weighted by Crippen LogP contribution is -2.34. The normalized spacial score (nSPS) is 16.9. The lowest BCUT2D eigenvalue weighted by molar-refractivity contribution is -0.114. The molecule has 1 heterocycles. The largest absolute Gasteiger partial charge is 0.303 e. The highest BCUT2D eigenvalue weighted by Gasteiger charge is 2.29. The molecule has 2 aliphatic rings.